The van der Waals surface area contributed by atoms with Gasteiger partial charge in [0, 0.05) is 30.9 Å². The van der Waals surface area contributed by atoms with Crippen LogP contribution in [0.25, 0.3) is 6.08 Å². The molecule has 0 aliphatic rings. The molecule has 8 nitrogen and oxygen atoms in total. The summed E-state index contributed by atoms with van der Waals surface area (Å²) in [6.07, 6.45) is 4.83. The second kappa shape index (κ2) is 9.23. The molecule has 30 heavy (non-hydrogen) atoms. The van der Waals surface area contributed by atoms with Crippen LogP contribution in [0.3, 0.4) is 0 Å². The molecular weight excluding hydrogens is 410 g/mol. The van der Waals surface area contributed by atoms with E-state index in [-0.39, 0.29) is 23.1 Å². The lowest BCUT2D eigenvalue weighted by Gasteiger charge is -2.12. The normalized spacial score (nSPS) is 10.9. The summed E-state index contributed by atoms with van der Waals surface area (Å²) >= 11 is 6.07. The third-order valence-corrected chi connectivity index (χ3v) is 4.50. The van der Waals surface area contributed by atoms with Gasteiger partial charge in [-0.25, -0.2) is 0 Å². The van der Waals surface area contributed by atoms with Gasteiger partial charge < -0.3 is 9.47 Å². The number of ketones is 1. The molecule has 3 aromatic rings. The Morgan fingerprint density at radius 3 is 2.63 bits per heavy atom. The molecule has 0 saturated heterocycles. The van der Waals surface area contributed by atoms with E-state index in [9.17, 15) is 14.9 Å². The minimum Gasteiger partial charge on any atom is -0.496 e. The maximum absolute atomic E-state index is 12.2. The number of nitro groups is 1. The number of methoxy groups -OCH3 is 1. The zero-order valence-electron chi connectivity index (χ0n) is 16.2. The molecule has 0 fully saturated rings. The van der Waals surface area contributed by atoms with E-state index in [1.807, 2.05) is 12.1 Å². The highest BCUT2D eigenvalue weighted by Gasteiger charge is 2.12. The van der Waals surface area contributed by atoms with Crippen molar-refractivity contribution >= 4 is 29.1 Å². The fraction of sp³-hybridized carbons (Fsp3) is 0.143. The SMILES string of the molecule is COc1ccc(/C=C/C(=O)c2ccn(C)n2)cc1COc1ccc([N+](=O)[O-])cc1Cl. The average Bonchev–Trinajstić information content (AvgIpc) is 3.17. The minimum atomic E-state index is -0.527. The number of rotatable bonds is 8. The Labute approximate surface area is 177 Å². The second-order valence-electron chi connectivity index (χ2n) is 6.30. The molecule has 0 bridgehead atoms. The van der Waals surface area contributed by atoms with Gasteiger partial charge in [-0.3, -0.25) is 19.6 Å². The van der Waals surface area contributed by atoms with Gasteiger partial charge in [-0.1, -0.05) is 23.7 Å². The lowest BCUT2D eigenvalue weighted by molar-refractivity contribution is -0.384. The molecule has 1 heterocycles. The van der Waals surface area contributed by atoms with E-state index in [0.29, 0.717) is 17.2 Å². The molecule has 3 rings (SSSR count). The Bertz CT molecular complexity index is 1120. The first kappa shape index (κ1) is 21.1. The topological polar surface area (TPSA) is 96.5 Å². The van der Waals surface area contributed by atoms with Crippen molar-refractivity contribution in [2.24, 2.45) is 7.05 Å². The number of carbonyl (C=O) groups excluding carboxylic acids is 1. The minimum absolute atomic E-state index is 0.116. The number of allylic oxidation sites excluding steroid dienone is 1. The van der Waals surface area contributed by atoms with Gasteiger partial charge >= 0.3 is 0 Å². The molecule has 0 aliphatic carbocycles. The van der Waals surface area contributed by atoms with Crippen molar-refractivity contribution in [1.82, 2.24) is 9.78 Å². The first-order chi connectivity index (χ1) is 14.4. The molecular formula is C21H18ClN3O5. The predicted octanol–water partition coefficient (Wildman–Crippen LogP) is 4.47. The number of aryl methyl sites for hydroxylation is 1. The Hall–Kier alpha value is -3.65. The van der Waals surface area contributed by atoms with Crippen molar-refractivity contribution in [2.45, 2.75) is 6.61 Å². The summed E-state index contributed by atoms with van der Waals surface area (Å²) in [6, 6.07) is 11.0. The largest absolute Gasteiger partial charge is 0.496 e. The third-order valence-electron chi connectivity index (χ3n) is 4.21. The summed E-state index contributed by atoms with van der Waals surface area (Å²) in [6.45, 7) is 0.122. The van der Waals surface area contributed by atoms with Crippen LogP contribution in [-0.2, 0) is 13.7 Å². The summed E-state index contributed by atoms with van der Waals surface area (Å²) in [7, 11) is 3.28. The van der Waals surface area contributed by atoms with Crippen molar-refractivity contribution in [1.29, 1.82) is 0 Å². The van der Waals surface area contributed by atoms with E-state index in [1.165, 1.54) is 31.4 Å². The maximum Gasteiger partial charge on any atom is 0.271 e. The van der Waals surface area contributed by atoms with E-state index in [2.05, 4.69) is 5.10 Å². The van der Waals surface area contributed by atoms with E-state index in [0.717, 1.165) is 11.1 Å². The van der Waals surface area contributed by atoms with Crippen LogP contribution in [-0.4, -0.2) is 27.6 Å². The Morgan fingerprint density at radius 2 is 2.00 bits per heavy atom. The molecule has 2 aromatic carbocycles. The highest BCUT2D eigenvalue weighted by Crippen LogP contribution is 2.30. The monoisotopic (exact) mass is 427 g/mol. The molecule has 0 aliphatic heterocycles. The number of nitrogens with zero attached hydrogens (tertiary/aromatic N) is 3. The zero-order chi connectivity index (χ0) is 21.7. The average molecular weight is 428 g/mol. The number of hydrogen-bond acceptors (Lipinski definition) is 6. The fourth-order valence-corrected chi connectivity index (χ4v) is 2.92. The van der Waals surface area contributed by atoms with Gasteiger partial charge in [0.2, 0.25) is 5.78 Å². The second-order valence-corrected chi connectivity index (χ2v) is 6.71. The van der Waals surface area contributed by atoms with Gasteiger partial charge in [-0.15, -0.1) is 0 Å². The molecule has 0 saturated carbocycles. The summed E-state index contributed by atoms with van der Waals surface area (Å²) in [5.74, 6) is 0.707. The zero-order valence-corrected chi connectivity index (χ0v) is 17.0. The quantitative estimate of drug-likeness (QED) is 0.228. The number of ether oxygens (including phenoxy) is 2. The van der Waals surface area contributed by atoms with Crippen molar-refractivity contribution in [3.05, 3.63) is 86.7 Å². The van der Waals surface area contributed by atoms with Crippen molar-refractivity contribution in [3.8, 4) is 11.5 Å². The number of carbonyl (C=O) groups is 1. The van der Waals surface area contributed by atoms with Crippen molar-refractivity contribution in [2.75, 3.05) is 7.11 Å². The number of non-ortho nitro benzene ring substituents is 1. The van der Waals surface area contributed by atoms with Gasteiger partial charge in [-0.2, -0.15) is 5.10 Å². The fourth-order valence-electron chi connectivity index (χ4n) is 2.69. The van der Waals surface area contributed by atoms with Crippen LogP contribution in [0.5, 0.6) is 11.5 Å². The summed E-state index contributed by atoms with van der Waals surface area (Å²) in [5.41, 5.74) is 1.74. The summed E-state index contributed by atoms with van der Waals surface area (Å²) < 4.78 is 12.6. The van der Waals surface area contributed by atoms with Crippen LogP contribution in [0.1, 0.15) is 21.6 Å². The van der Waals surface area contributed by atoms with Crippen LogP contribution < -0.4 is 9.47 Å². The highest BCUT2D eigenvalue weighted by atomic mass is 35.5. The van der Waals surface area contributed by atoms with Crippen molar-refractivity contribution in [3.63, 3.8) is 0 Å². The Kier molecular flexibility index (Phi) is 6.48. The van der Waals surface area contributed by atoms with Crippen LogP contribution in [0.2, 0.25) is 5.02 Å². The molecule has 154 valence electrons. The number of nitro benzene ring substituents is 1. The van der Waals surface area contributed by atoms with E-state index in [1.54, 1.807) is 36.1 Å². The molecule has 0 unspecified atom stereocenters. The molecule has 0 radical (unpaired) electrons. The number of hydrogen-bond donors (Lipinski definition) is 0. The van der Waals surface area contributed by atoms with Gasteiger partial charge in [0.05, 0.1) is 17.1 Å². The van der Waals surface area contributed by atoms with Gasteiger partial charge in [0.1, 0.15) is 23.8 Å². The number of aromatic nitrogens is 2. The molecule has 1 aromatic heterocycles. The molecule has 0 N–H and O–H groups in total. The van der Waals surface area contributed by atoms with Gasteiger partial charge in [0.15, 0.2) is 0 Å². The lowest BCUT2D eigenvalue weighted by Crippen LogP contribution is -2.00. The molecule has 0 atom stereocenters. The smallest absolute Gasteiger partial charge is 0.271 e. The van der Waals surface area contributed by atoms with E-state index in [4.69, 9.17) is 21.1 Å². The molecule has 0 amide bonds. The van der Waals surface area contributed by atoms with Crippen LogP contribution in [0.15, 0.2) is 54.7 Å². The third kappa shape index (κ3) is 5.03. The molecule has 0 spiro atoms. The highest BCUT2D eigenvalue weighted by molar-refractivity contribution is 6.32. The van der Waals surface area contributed by atoms with Gasteiger partial charge in [0.25, 0.3) is 5.69 Å². The lowest BCUT2D eigenvalue weighted by atomic mass is 10.1. The summed E-state index contributed by atoms with van der Waals surface area (Å²) in [4.78, 5) is 22.5. The predicted molar refractivity (Wildman–Crippen MR) is 112 cm³/mol. The Balaban J connectivity index is 1.75. The first-order valence-electron chi connectivity index (χ1n) is 8.83. The van der Waals surface area contributed by atoms with Crippen LogP contribution >= 0.6 is 11.6 Å². The van der Waals surface area contributed by atoms with Crippen LogP contribution in [0, 0.1) is 10.1 Å². The first-order valence-corrected chi connectivity index (χ1v) is 9.21. The van der Waals surface area contributed by atoms with Gasteiger partial charge in [-0.05, 0) is 35.9 Å². The molecule has 9 heteroatoms. The van der Waals surface area contributed by atoms with Crippen molar-refractivity contribution < 1.29 is 19.2 Å². The number of benzene rings is 2. The van der Waals surface area contributed by atoms with Crippen LogP contribution in [0.4, 0.5) is 5.69 Å². The Morgan fingerprint density at radius 1 is 1.23 bits per heavy atom. The standard InChI is InChI=1S/C21H18ClN3O5/c1-24-10-9-18(23-24)19(26)6-3-14-4-7-20(29-2)15(11-14)13-30-21-8-5-16(25(27)28)12-17(21)22/h3-12H,13H2,1-2H3/b6-3+. The maximum atomic E-state index is 12.2. The van der Waals surface area contributed by atoms with E-state index < -0.39 is 4.92 Å². The summed E-state index contributed by atoms with van der Waals surface area (Å²) in [5, 5.41) is 15.0. The number of halogens is 1. The van der Waals surface area contributed by atoms with E-state index >= 15 is 0 Å².